The Morgan fingerprint density at radius 3 is 1.50 bits per heavy atom. The summed E-state index contributed by atoms with van der Waals surface area (Å²) >= 11 is 0. The molecule has 0 aliphatic heterocycles. The molecule has 0 aromatic heterocycles. The summed E-state index contributed by atoms with van der Waals surface area (Å²) in [5, 5.41) is 11.3. The third kappa shape index (κ3) is 7.34. The van der Waals surface area contributed by atoms with E-state index in [4.69, 9.17) is 0 Å². The third-order valence-electron chi connectivity index (χ3n) is 1.44. The van der Waals surface area contributed by atoms with Crippen molar-refractivity contribution < 1.29 is 0 Å². The lowest BCUT2D eigenvalue weighted by molar-refractivity contribution is 0.355. The van der Waals surface area contributed by atoms with Crippen molar-refractivity contribution in [3.63, 3.8) is 0 Å². The van der Waals surface area contributed by atoms with Crippen LogP contribution in [-0.4, -0.2) is 24.1 Å². The van der Waals surface area contributed by atoms with Gasteiger partial charge in [0.2, 0.25) is 0 Å². The first kappa shape index (κ1) is 12.7. The normalized spacial score (nSPS) is 12.0. The van der Waals surface area contributed by atoms with Gasteiger partial charge < -0.3 is 0 Å². The van der Waals surface area contributed by atoms with Crippen LogP contribution in [0.4, 0.5) is 0 Å². The fourth-order valence-electron chi connectivity index (χ4n) is 0.702. The van der Waals surface area contributed by atoms with Crippen LogP contribution in [0.15, 0.2) is 35.0 Å². The van der Waals surface area contributed by atoms with Crippen LogP contribution in [0.5, 0.6) is 0 Å². The molecule has 0 unspecified atom stereocenters. The van der Waals surface area contributed by atoms with E-state index >= 15 is 0 Å². The number of hydrogen-bond acceptors (Lipinski definition) is 2. The van der Waals surface area contributed by atoms with Gasteiger partial charge in [0, 0.05) is 26.5 Å². The van der Waals surface area contributed by atoms with E-state index in [1.165, 1.54) is 0 Å². The molecule has 0 aliphatic rings. The molecule has 0 aromatic carbocycles. The zero-order valence-electron chi connectivity index (χ0n) is 9.51. The molecule has 0 aliphatic carbocycles. The first-order valence-corrected chi connectivity index (χ1v) is 4.91. The van der Waals surface area contributed by atoms with Crippen molar-refractivity contribution in [3.8, 4) is 0 Å². The SMILES string of the molecule is CCC=CN(C)N=NN(C)C=CCC. The van der Waals surface area contributed by atoms with Crippen molar-refractivity contribution in [2.45, 2.75) is 26.7 Å². The van der Waals surface area contributed by atoms with Crippen LogP contribution in [0.2, 0.25) is 0 Å². The summed E-state index contributed by atoms with van der Waals surface area (Å²) in [6.45, 7) is 4.16. The van der Waals surface area contributed by atoms with Gasteiger partial charge in [0.05, 0.1) is 0 Å². The summed E-state index contributed by atoms with van der Waals surface area (Å²) in [4.78, 5) is 0. The maximum atomic E-state index is 3.96. The Hall–Kier alpha value is -1.32. The minimum absolute atomic E-state index is 1.01. The average Bonchev–Trinajstić information content (AvgIpc) is 2.20. The van der Waals surface area contributed by atoms with E-state index in [0.29, 0.717) is 0 Å². The van der Waals surface area contributed by atoms with E-state index in [-0.39, 0.29) is 0 Å². The molecular weight excluding hydrogens is 176 g/mol. The number of nitrogens with zero attached hydrogens (tertiary/aromatic N) is 4. The number of allylic oxidation sites excluding steroid dienone is 2. The van der Waals surface area contributed by atoms with Crippen LogP contribution in [0.1, 0.15) is 26.7 Å². The summed E-state index contributed by atoms with van der Waals surface area (Å²) in [5.74, 6) is 0. The lowest BCUT2D eigenvalue weighted by atomic mass is 10.5. The molecule has 0 amide bonds. The van der Waals surface area contributed by atoms with Gasteiger partial charge >= 0.3 is 0 Å². The predicted octanol–water partition coefficient (Wildman–Crippen LogP) is 2.98. The maximum Gasteiger partial charge on any atom is 0.0314 e. The minimum atomic E-state index is 1.01. The zero-order chi connectivity index (χ0) is 10.8. The average molecular weight is 196 g/mol. The van der Waals surface area contributed by atoms with Crippen molar-refractivity contribution in [1.82, 2.24) is 10.0 Å². The van der Waals surface area contributed by atoms with Crippen molar-refractivity contribution in [3.05, 3.63) is 24.6 Å². The largest absolute Gasteiger partial charge is 0.256 e. The van der Waals surface area contributed by atoms with E-state index in [9.17, 15) is 0 Å². The Morgan fingerprint density at radius 1 is 0.857 bits per heavy atom. The van der Waals surface area contributed by atoms with Crippen LogP contribution in [0.25, 0.3) is 0 Å². The van der Waals surface area contributed by atoms with Crippen LogP contribution in [0.3, 0.4) is 0 Å². The van der Waals surface area contributed by atoms with Gasteiger partial charge in [-0.3, -0.25) is 10.0 Å². The van der Waals surface area contributed by atoms with Gasteiger partial charge in [0.15, 0.2) is 0 Å². The van der Waals surface area contributed by atoms with Crippen LogP contribution >= 0.6 is 0 Å². The molecule has 0 spiro atoms. The molecular formula is C10H20N4. The molecule has 0 fully saturated rings. The zero-order valence-corrected chi connectivity index (χ0v) is 9.51. The van der Waals surface area contributed by atoms with Crippen molar-refractivity contribution in [2.24, 2.45) is 10.4 Å². The van der Waals surface area contributed by atoms with Crippen LogP contribution < -0.4 is 0 Å². The highest BCUT2D eigenvalue weighted by atomic mass is 15.6. The van der Waals surface area contributed by atoms with Gasteiger partial charge in [-0.15, -0.1) is 0 Å². The summed E-state index contributed by atoms with van der Waals surface area (Å²) in [6, 6.07) is 0. The predicted molar refractivity (Wildman–Crippen MR) is 59.2 cm³/mol. The standard InChI is InChI=1S/C10H20N4/c1-5-7-9-13(3)11-12-14(4)10-8-6-2/h7-10H,5-6H2,1-4H3. The number of rotatable bonds is 6. The second kappa shape index (κ2) is 8.29. The molecule has 0 bridgehead atoms. The Bertz CT molecular complexity index is 186. The lowest BCUT2D eigenvalue weighted by Crippen LogP contribution is -2.05. The Balaban J connectivity index is 3.90. The summed E-state index contributed by atoms with van der Waals surface area (Å²) in [5.41, 5.74) is 0. The minimum Gasteiger partial charge on any atom is -0.256 e. The topological polar surface area (TPSA) is 31.2 Å². The quantitative estimate of drug-likeness (QED) is 0.483. The van der Waals surface area contributed by atoms with E-state index in [1.807, 2.05) is 38.6 Å². The fourth-order valence-corrected chi connectivity index (χ4v) is 0.702. The molecule has 0 atom stereocenters. The Morgan fingerprint density at radius 2 is 1.21 bits per heavy atom. The highest BCUT2D eigenvalue weighted by Gasteiger charge is 1.86. The molecule has 14 heavy (non-hydrogen) atoms. The molecule has 80 valence electrons. The molecule has 0 radical (unpaired) electrons. The van der Waals surface area contributed by atoms with Gasteiger partial charge in [-0.25, -0.2) is 0 Å². The van der Waals surface area contributed by atoms with E-state index in [1.54, 1.807) is 10.0 Å². The van der Waals surface area contributed by atoms with Gasteiger partial charge in [-0.05, 0) is 23.3 Å². The smallest absolute Gasteiger partial charge is 0.0314 e. The third-order valence-corrected chi connectivity index (χ3v) is 1.44. The molecule has 0 aromatic rings. The highest BCUT2D eigenvalue weighted by Crippen LogP contribution is 1.93. The molecule has 0 saturated heterocycles. The van der Waals surface area contributed by atoms with Crippen molar-refractivity contribution in [2.75, 3.05) is 14.1 Å². The summed E-state index contributed by atoms with van der Waals surface area (Å²) in [7, 11) is 3.71. The molecule has 0 rings (SSSR count). The summed E-state index contributed by atoms with van der Waals surface area (Å²) < 4.78 is 0. The molecule has 0 saturated carbocycles. The second-order valence-electron chi connectivity index (χ2n) is 2.91. The summed E-state index contributed by atoms with van der Waals surface area (Å²) in [6.07, 6.45) is 9.85. The highest BCUT2D eigenvalue weighted by molar-refractivity contribution is 4.78. The van der Waals surface area contributed by atoms with Crippen LogP contribution in [-0.2, 0) is 0 Å². The van der Waals surface area contributed by atoms with E-state index in [0.717, 1.165) is 12.8 Å². The first-order valence-electron chi connectivity index (χ1n) is 4.91. The monoisotopic (exact) mass is 196 g/mol. The molecule has 4 nitrogen and oxygen atoms in total. The Labute approximate surface area is 86.6 Å². The second-order valence-corrected chi connectivity index (χ2v) is 2.91. The Kier molecular flexibility index (Phi) is 7.50. The van der Waals surface area contributed by atoms with Crippen molar-refractivity contribution in [1.29, 1.82) is 0 Å². The maximum absolute atomic E-state index is 3.96. The molecule has 4 heteroatoms. The van der Waals surface area contributed by atoms with E-state index < -0.39 is 0 Å². The molecule has 0 heterocycles. The van der Waals surface area contributed by atoms with Gasteiger partial charge in [0.1, 0.15) is 0 Å². The van der Waals surface area contributed by atoms with Gasteiger partial charge in [-0.1, -0.05) is 26.0 Å². The first-order chi connectivity index (χ1) is 6.70. The fraction of sp³-hybridized carbons (Fsp3) is 0.600. The molecule has 0 N–H and O–H groups in total. The number of hydrogen-bond donors (Lipinski definition) is 0. The van der Waals surface area contributed by atoms with Gasteiger partial charge in [-0.2, -0.15) is 0 Å². The van der Waals surface area contributed by atoms with Crippen molar-refractivity contribution >= 4 is 0 Å². The van der Waals surface area contributed by atoms with Crippen LogP contribution in [0, 0.1) is 0 Å². The van der Waals surface area contributed by atoms with E-state index in [2.05, 4.69) is 24.3 Å². The van der Waals surface area contributed by atoms with Gasteiger partial charge in [0.25, 0.3) is 0 Å². The lowest BCUT2D eigenvalue weighted by Gasteiger charge is -2.07.